The molecule has 0 bridgehead atoms. The molecule has 0 saturated carbocycles. The summed E-state index contributed by atoms with van der Waals surface area (Å²) in [6.07, 6.45) is 3.18. The summed E-state index contributed by atoms with van der Waals surface area (Å²) < 4.78 is 10.4. The minimum absolute atomic E-state index is 0.147. The number of para-hydroxylation sites is 1. The molecule has 2 rings (SSSR count). The second-order valence-electron chi connectivity index (χ2n) is 4.39. The monoisotopic (exact) mass is 283 g/mol. The van der Waals surface area contributed by atoms with E-state index in [-0.39, 0.29) is 5.78 Å². The molecule has 0 aliphatic heterocycles. The summed E-state index contributed by atoms with van der Waals surface area (Å²) in [7, 11) is 3.16. The van der Waals surface area contributed by atoms with Crippen molar-refractivity contribution in [3.05, 3.63) is 59.7 Å². The number of ether oxygens (including phenoxy) is 2. The van der Waals surface area contributed by atoms with Crippen LogP contribution in [0.3, 0.4) is 0 Å². The minimum Gasteiger partial charge on any atom is -0.497 e. The number of hydrogen-bond donors (Lipinski definition) is 1. The van der Waals surface area contributed by atoms with Crippen molar-refractivity contribution < 1.29 is 14.3 Å². The predicted molar refractivity (Wildman–Crippen MR) is 83.8 cm³/mol. The van der Waals surface area contributed by atoms with Gasteiger partial charge in [0.25, 0.3) is 0 Å². The summed E-state index contributed by atoms with van der Waals surface area (Å²) in [6, 6.07) is 12.4. The van der Waals surface area contributed by atoms with E-state index in [4.69, 9.17) is 15.2 Å². The van der Waals surface area contributed by atoms with Gasteiger partial charge in [-0.25, -0.2) is 0 Å². The Morgan fingerprint density at radius 1 is 1.10 bits per heavy atom. The van der Waals surface area contributed by atoms with Crippen molar-refractivity contribution in [2.45, 2.75) is 0 Å². The molecule has 108 valence electrons. The molecule has 0 atom stereocenters. The van der Waals surface area contributed by atoms with Crippen molar-refractivity contribution in [3.63, 3.8) is 0 Å². The highest BCUT2D eigenvalue weighted by Gasteiger charge is 2.06. The number of hydrogen-bond acceptors (Lipinski definition) is 4. The van der Waals surface area contributed by atoms with Gasteiger partial charge in [-0.05, 0) is 36.4 Å². The number of allylic oxidation sites excluding steroid dienone is 1. The van der Waals surface area contributed by atoms with Gasteiger partial charge in [-0.1, -0.05) is 12.1 Å². The number of methoxy groups -OCH3 is 2. The largest absolute Gasteiger partial charge is 0.497 e. The lowest BCUT2D eigenvalue weighted by Crippen LogP contribution is -2.00. The Hall–Kier alpha value is -2.75. The van der Waals surface area contributed by atoms with Crippen LogP contribution in [0.15, 0.2) is 48.5 Å². The van der Waals surface area contributed by atoms with Crippen molar-refractivity contribution in [1.82, 2.24) is 0 Å². The summed E-state index contributed by atoms with van der Waals surface area (Å²) in [5, 5.41) is 0. The first-order valence-electron chi connectivity index (χ1n) is 6.44. The number of carbonyl (C=O) groups excluding carboxylic acids is 1. The molecular weight excluding hydrogens is 266 g/mol. The van der Waals surface area contributed by atoms with Crippen LogP contribution in [0.2, 0.25) is 0 Å². The van der Waals surface area contributed by atoms with Crippen molar-refractivity contribution >= 4 is 17.5 Å². The molecule has 0 radical (unpaired) electrons. The average molecular weight is 283 g/mol. The lowest BCUT2D eigenvalue weighted by molar-refractivity contribution is 0.104. The van der Waals surface area contributed by atoms with E-state index in [0.29, 0.717) is 22.7 Å². The highest BCUT2D eigenvalue weighted by atomic mass is 16.5. The number of carbonyl (C=O) groups is 1. The van der Waals surface area contributed by atoms with Gasteiger partial charge in [0, 0.05) is 22.9 Å². The molecule has 0 amide bonds. The Morgan fingerprint density at radius 2 is 1.86 bits per heavy atom. The first-order chi connectivity index (χ1) is 10.2. The molecule has 0 aromatic heterocycles. The molecule has 4 heteroatoms. The third-order valence-electron chi connectivity index (χ3n) is 3.08. The van der Waals surface area contributed by atoms with Gasteiger partial charge in [0.05, 0.1) is 14.2 Å². The molecular formula is C17H17NO3. The van der Waals surface area contributed by atoms with Gasteiger partial charge in [-0.2, -0.15) is 0 Å². The fourth-order valence-electron chi connectivity index (χ4n) is 1.93. The molecule has 21 heavy (non-hydrogen) atoms. The maximum atomic E-state index is 12.1. The van der Waals surface area contributed by atoms with E-state index in [1.54, 1.807) is 50.6 Å². The first kappa shape index (κ1) is 14.7. The first-order valence-corrected chi connectivity index (χ1v) is 6.44. The average Bonchev–Trinajstić information content (AvgIpc) is 2.52. The number of ketones is 1. The molecule has 0 unspecified atom stereocenters. The SMILES string of the molecule is COc1ccc(C=CC(=O)c2ccccc2N)c(OC)c1. The highest BCUT2D eigenvalue weighted by molar-refractivity contribution is 6.10. The van der Waals surface area contributed by atoms with Gasteiger partial charge in [0.15, 0.2) is 5.78 Å². The Labute approximate surface area is 123 Å². The Balaban J connectivity index is 2.25. The van der Waals surface area contributed by atoms with Crippen LogP contribution in [0.5, 0.6) is 11.5 Å². The fraction of sp³-hybridized carbons (Fsp3) is 0.118. The molecule has 0 heterocycles. The Morgan fingerprint density at radius 3 is 2.52 bits per heavy atom. The minimum atomic E-state index is -0.147. The molecule has 2 N–H and O–H groups in total. The maximum Gasteiger partial charge on any atom is 0.187 e. The van der Waals surface area contributed by atoms with E-state index in [1.165, 1.54) is 6.08 Å². The van der Waals surface area contributed by atoms with Gasteiger partial charge in [0.1, 0.15) is 11.5 Å². The summed E-state index contributed by atoms with van der Waals surface area (Å²) in [4.78, 5) is 12.1. The van der Waals surface area contributed by atoms with Crippen molar-refractivity contribution in [2.24, 2.45) is 0 Å². The third-order valence-corrected chi connectivity index (χ3v) is 3.08. The van der Waals surface area contributed by atoms with Gasteiger partial charge < -0.3 is 15.2 Å². The molecule has 0 spiro atoms. The number of rotatable bonds is 5. The number of anilines is 1. The second-order valence-corrected chi connectivity index (χ2v) is 4.39. The Bertz CT molecular complexity index is 677. The van der Waals surface area contributed by atoms with Crippen molar-refractivity contribution in [3.8, 4) is 11.5 Å². The van der Waals surface area contributed by atoms with Crippen LogP contribution in [0.4, 0.5) is 5.69 Å². The van der Waals surface area contributed by atoms with Crippen LogP contribution in [0.25, 0.3) is 6.08 Å². The quantitative estimate of drug-likeness (QED) is 0.520. The van der Waals surface area contributed by atoms with Crippen LogP contribution in [0.1, 0.15) is 15.9 Å². The molecule has 0 fully saturated rings. The third kappa shape index (κ3) is 3.42. The van der Waals surface area contributed by atoms with E-state index in [2.05, 4.69) is 0 Å². The van der Waals surface area contributed by atoms with Crippen LogP contribution in [-0.4, -0.2) is 20.0 Å². The summed E-state index contributed by atoms with van der Waals surface area (Å²) in [5.41, 5.74) is 7.53. The molecule has 0 aliphatic rings. The summed E-state index contributed by atoms with van der Waals surface area (Å²) in [5.74, 6) is 1.19. The molecule has 4 nitrogen and oxygen atoms in total. The van der Waals surface area contributed by atoms with Gasteiger partial charge >= 0.3 is 0 Å². The lowest BCUT2D eigenvalue weighted by atomic mass is 10.1. The lowest BCUT2D eigenvalue weighted by Gasteiger charge is -2.07. The van der Waals surface area contributed by atoms with Gasteiger partial charge in [0.2, 0.25) is 0 Å². The molecule has 2 aromatic carbocycles. The van der Waals surface area contributed by atoms with E-state index in [0.717, 1.165) is 5.56 Å². The molecule has 2 aromatic rings. The topological polar surface area (TPSA) is 61.5 Å². The van der Waals surface area contributed by atoms with Crippen LogP contribution < -0.4 is 15.2 Å². The van der Waals surface area contributed by atoms with Gasteiger partial charge in [-0.15, -0.1) is 0 Å². The summed E-state index contributed by atoms with van der Waals surface area (Å²) in [6.45, 7) is 0. The Kier molecular flexibility index (Phi) is 4.61. The van der Waals surface area contributed by atoms with Crippen LogP contribution in [-0.2, 0) is 0 Å². The number of nitrogen functional groups attached to an aromatic ring is 1. The zero-order valence-corrected chi connectivity index (χ0v) is 12.0. The molecule has 0 aliphatic carbocycles. The van der Waals surface area contributed by atoms with E-state index in [1.807, 2.05) is 12.1 Å². The van der Waals surface area contributed by atoms with E-state index < -0.39 is 0 Å². The predicted octanol–water partition coefficient (Wildman–Crippen LogP) is 3.18. The van der Waals surface area contributed by atoms with E-state index in [9.17, 15) is 4.79 Å². The van der Waals surface area contributed by atoms with Crippen LogP contribution in [0, 0.1) is 0 Å². The maximum absolute atomic E-state index is 12.1. The van der Waals surface area contributed by atoms with E-state index >= 15 is 0 Å². The zero-order valence-electron chi connectivity index (χ0n) is 12.0. The second kappa shape index (κ2) is 6.61. The smallest absolute Gasteiger partial charge is 0.187 e. The van der Waals surface area contributed by atoms with Crippen molar-refractivity contribution in [2.75, 3.05) is 20.0 Å². The van der Waals surface area contributed by atoms with Gasteiger partial charge in [-0.3, -0.25) is 4.79 Å². The number of benzene rings is 2. The number of nitrogens with two attached hydrogens (primary N) is 1. The molecule has 0 saturated heterocycles. The van der Waals surface area contributed by atoms with Crippen LogP contribution >= 0.6 is 0 Å². The normalized spacial score (nSPS) is 10.6. The fourth-order valence-corrected chi connectivity index (χ4v) is 1.93. The summed E-state index contributed by atoms with van der Waals surface area (Å²) >= 11 is 0. The van der Waals surface area contributed by atoms with Crippen molar-refractivity contribution in [1.29, 1.82) is 0 Å². The highest BCUT2D eigenvalue weighted by Crippen LogP contribution is 2.25. The zero-order chi connectivity index (χ0) is 15.2. The standard InChI is InChI=1S/C17H17NO3/c1-20-13-9-7-12(17(11-13)21-2)8-10-16(19)14-5-3-4-6-15(14)18/h3-11H,18H2,1-2H3.